The normalized spacial score (nSPS) is 12.4. The minimum Gasteiger partial charge on any atom is -1.00 e. The zero-order valence-electron chi connectivity index (χ0n) is 67.3. The summed E-state index contributed by atoms with van der Waals surface area (Å²) in [4.78, 5) is 96.1. The number of alkyl halides is 10. The maximum atomic E-state index is 12.2. The number of para-hydroxylation sites is 1. The van der Waals surface area contributed by atoms with E-state index in [4.69, 9.17) is 101 Å². The molecule has 13 heterocycles. The van der Waals surface area contributed by atoms with Crippen molar-refractivity contribution in [3.8, 4) is 0 Å². The maximum Gasteiger partial charge on any atom is 1.00 e. The number of nitrogen functional groups attached to an aromatic ring is 2. The third kappa shape index (κ3) is 39.8. The number of aryl methyl sites for hydroxylation is 3. The van der Waals surface area contributed by atoms with Crippen LogP contribution in [0.2, 0.25) is 30.9 Å². The van der Waals surface area contributed by atoms with E-state index in [-0.39, 0.29) is 98.8 Å². The molecule has 670 valence electrons. The fourth-order valence-electron chi connectivity index (χ4n) is 10.5. The number of pyridine rings is 6. The number of aromatic carboxylic acids is 1. The van der Waals surface area contributed by atoms with E-state index in [2.05, 4.69) is 99.2 Å². The van der Waals surface area contributed by atoms with Crippen molar-refractivity contribution >= 4 is 215 Å². The number of hydrogen-bond donors (Lipinski definition) is 8. The average molecular weight is 2010 g/mol. The third-order valence-corrected chi connectivity index (χ3v) is 18.8. The maximum absolute atomic E-state index is 12.2. The number of carbonyl (C=O) groups is 5. The Morgan fingerprint density at radius 1 is 0.581 bits per heavy atom. The summed E-state index contributed by atoms with van der Waals surface area (Å²) in [7, 11) is 2.54. The summed E-state index contributed by atoms with van der Waals surface area (Å²) < 4.78 is 132. The van der Waals surface area contributed by atoms with Crippen molar-refractivity contribution in [1.29, 1.82) is 0 Å². The van der Waals surface area contributed by atoms with Crippen LogP contribution in [-0.4, -0.2) is 185 Å². The van der Waals surface area contributed by atoms with Crippen LogP contribution in [0.25, 0.3) is 55.2 Å². The quantitative estimate of drug-likeness (QED) is 0.0125. The summed E-state index contributed by atoms with van der Waals surface area (Å²) in [6.07, 6.45) is -5.92. The number of ether oxygens (including phenoxy) is 4. The van der Waals surface area contributed by atoms with Crippen LogP contribution in [0.15, 0.2) is 131 Å². The number of H-pyrrole nitrogens is 3. The molecule has 0 amide bonds. The summed E-state index contributed by atoms with van der Waals surface area (Å²) >= 11 is 39.9. The van der Waals surface area contributed by atoms with Crippen molar-refractivity contribution in [3.05, 3.63) is 196 Å². The monoisotopic (exact) mass is 2000 g/mol. The predicted octanol–water partition coefficient (Wildman–Crippen LogP) is 16.5. The predicted molar refractivity (Wildman–Crippen MR) is 467 cm³/mol. The molecule has 124 heavy (non-hydrogen) atoms. The minimum absolute atomic E-state index is 0. The first-order valence-corrected chi connectivity index (χ1v) is 40.7. The number of benzene rings is 1. The van der Waals surface area contributed by atoms with Crippen molar-refractivity contribution in [2.45, 2.75) is 135 Å². The number of aliphatic carboxylic acids is 1. The molecule has 15 rings (SSSR count). The number of carbonyl (C=O) groups excluding carboxylic acids is 3. The molecule has 0 unspecified atom stereocenters. The number of imidazole rings is 1. The van der Waals surface area contributed by atoms with Crippen LogP contribution in [0.4, 0.5) is 50.9 Å². The number of aliphatic hydroxyl groups is 1. The van der Waals surface area contributed by atoms with Gasteiger partial charge in [-0.1, -0.05) is 97.7 Å². The minimum atomic E-state index is -4.23. The number of fused-ring (bicyclic) bond motifs is 5. The van der Waals surface area contributed by atoms with Gasteiger partial charge in [-0.05, 0) is 189 Å². The van der Waals surface area contributed by atoms with Gasteiger partial charge in [0.25, 0.3) is 0 Å². The molecule has 3 fully saturated rings. The molecule has 1 aliphatic carbocycles. The van der Waals surface area contributed by atoms with Crippen molar-refractivity contribution < 1.29 is 118 Å². The van der Waals surface area contributed by atoms with Crippen LogP contribution < -0.4 is 36.0 Å². The van der Waals surface area contributed by atoms with Gasteiger partial charge in [0.1, 0.15) is 52.6 Å². The van der Waals surface area contributed by atoms with Crippen molar-refractivity contribution in [2.75, 3.05) is 57.4 Å². The van der Waals surface area contributed by atoms with Gasteiger partial charge in [-0.25, -0.2) is 53.9 Å². The second-order valence-corrected chi connectivity index (χ2v) is 29.6. The number of anilines is 2. The third-order valence-electron chi connectivity index (χ3n) is 16.3. The number of rotatable bonds is 14. The summed E-state index contributed by atoms with van der Waals surface area (Å²) in [5.41, 5.74) is 21.3. The fraction of sp³-hybridized carbons (Fsp3) is 0.359. The average Bonchev–Trinajstić information content (AvgIpc) is 1.61. The molecule has 0 spiro atoms. The Balaban J connectivity index is 0.000000477. The van der Waals surface area contributed by atoms with Gasteiger partial charge in [-0.3, -0.25) is 9.36 Å². The van der Waals surface area contributed by atoms with Gasteiger partial charge < -0.3 is 71.2 Å². The molecule has 1 aromatic carbocycles. The summed E-state index contributed by atoms with van der Waals surface area (Å²) in [5.74, 6) is -4.26. The Bertz CT molecular complexity index is 5400. The number of hydrogen-bond acceptors (Lipinski definition) is 19. The number of esters is 2. The van der Waals surface area contributed by atoms with E-state index < -0.39 is 67.5 Å². The number of aromatic amines is 3. The van der Waals surface area contributed by atoms with Gasteiger partial charge in [-0.2, -0.15) is 39.5 Å². The first kappa shape index (κ1) is 110. The molecule has 0 radical (unpaired) electrons. The smallest absolute Gasteiger partial charge is 1.00 e. The number of nitrogens with two attached hydrogens (primary N) is 2. The van der Waals surface area contributed by atoms with Gasteiger partial charge in [0.15, 0.2) is 17.4 Å². The van der Waals surface area contributed by atoms with Gasteiger partial charge in [0.05, 0.1) is 93.6 Å². The number of halogens is 17. The second-order valence-electron chi connectivity index (χ2n) is 25.8. The summed E-state index contributed by atoms with van der Waals surface area (Å²) in [6, 6.07) is 32.4. The summed E-state index contributed by atoms with van der Waals surface area (Å²) in [6.45, 7) is 7.02. The van der Waals surface area contributed by atoms with Crippen LogP contribution in [0.1, 0.15) is 134 Å². The number of carboxylic acids is 2. The van der Waals surface area contributed by atoms with Crippen molar-refractivity contribution in [3.63, 3.8) is 0 Å². The molecule has 2 aliphatic heterocycles. The first-order chi connectivity index (χ1) is 57.5. The summed E-state index contributed by atoms with van der Waals surface area (Å²) in [5, 5.41) is 28.2. The Hall–Kier alpha value is -8.22. The molecule has 0 bridgehead atoms. The van der Waals surface area contributed by atoms with E-state index in [0.29, 0.717) is 103 Å². The first-order valence-electron chi connectivity index (χ1n) is 36.5. The van der Waals surface area contributed by atoms with E-state index >= 15 is 0 Å². The molecule has 11 aromatic heterocycles. The standard InChI is InChI=1S/C13H12ClF3N2O2.C12H12ClF3N2O.C11H12N2O.C9H7ClN2O2.C8H5ClN2O2.C5H4BrClN2.C5H5ClN2.C4H6BrF3.2C4H8O.C3H4O3.Al.Li.4H/c1-21-12(20)10-7-8-9(3-4-11(14)18-8)19(10)6-2-5-13(15,16)17;13-11-3-2-10-9(17-11)6-8(7-19)18(10)5-1-4-12(14,15)16;1-7-3-2-4-9-10(7)13(8-5-6-8)11(14)12-9;1-14-9(13)7-4-6-5(11-7)2-3-8(10)12-6;9-7-2-1-4-5(11-7)3-6(10-4)8(12)13;6-5-3(8)1-2-4(7)9-5;6-5-2-1-4(7)3-8-5;5-3-1-2-4(6,7)8;2*1-2-4-5-3-1;1-2(4)3(5)6;;;;;;/h3-4,7H,2,5-6H2,1H3;2-3,6,19H,1,4-5,7H2;2-4,8H,5-6H2,1H3,(H,12,14);2-4,11H,1H3;1-3,10H,(H,12,13);1-2H,8H2;1-3H,7H2;1-3H2;2*1-4H2;1H3,(H,5,6);;;;;;/q;;;;;;;;;;;;+1;;;;-1. The van der Waals surface area contributed by atoms with E-state index in [1.54, 1.807) is 83.4 Å². The molecule has 27 nitrogen and oxygen atoms in total. The Morgan fingerprint density at radius 3 is 1.42 bits per heavy atom. The number of nitrogens with one attached hydrogen (secondary N) is 3. The zero-order valence-corrected chi connectivity index (χ0v) is 74.0. The number of ketones is 1. The number of methoxy groups -OCH3 is 2. The molecule has 2 saturated heterocycles. The topological polar surface area (TPSA) is 392 Å². The molecule has 10 N–H and O–H groups in total. The number of aliphatic hydroxyl groups excluding tert-OH is 1. The van der Waals surface area contributed by atoms with Crippen LogP contribution in [-0.2, 0) is 48.2 Å². The Morgan fingerprint density at radius 2 is 1.02 bits per heavy atom. The number of carboxylic acid groups (broad SMARTS) is 2. The van der Waals surface area contributed by atoms with E-state index in [9.17, 15) is 73.4 Å². The van der Waals surface area contributed by atoms with Gasteiger partial charge >= 0.3 is 67.0 Å². The molecule has 3 aliphatic rings. The van der Waals surface area contributed by atoms with E-state index in [1.807, 2.05) is 16.7 Å². The molecule has 12 aromatic rings. The van der Waals surface area contributed by atoms with Crippen LogP contribution >= 0.6 is 101 Å². The molecular weight excluding hydrogens is 1920 g/mol. The molecule has 0 atom stereocenters. The SMILES string of the molecule is C1CCOC1.C1CCOC1.CC(=O)C(=O)O.COC(=O)c1cc2nc(Cl)ccc2[nH]1.COC(=O)c1cc2nc(Cl)ccc2n1CCCC(F)(F)F.Cc1cccc2[nH]c(=O)n(C3CC3)c12.FC(F)(F)CCCBr.Nc1ccc(Cl)nc1.Nc1ccc(Cl)nc1Br.O=C(O)c1cc2nc(Cl)ccc2[nH]1.OCc1cc2nc(Cl)ccc2n1CCCC(F)(F)F.[AlH3].[H-].[Li+]. The second kappa shape index (κ2) is 54.7. The Labute approximate surface area is 774 Å². The van der Waals surface area contributed by atoms with Crippen LogP contribution in [0.5, 0.6) is 0 Å². The van der Waals surface area contributed by atoms with Crippen LogP contribution in [0, 0.1) is 6.92 Å². The largest absolute Gasteiger partial charge is 1.00 e. The number of aromatic nitrogens is 12. The van der Waals surface area contributed by atoms with Crippen molar-refractivity contribution in [2.24, 2.45) is 0 Å². The van der Waals surface area contributed by atoms with Gasteiger partial charge in [0.2, 0.25) is 5.78 Å². The molecule has 1 saturated carbocycles. The van der Waals surface area contributed by atoms with E-state index in [0.717, 1.165) is 62.7 Å². The van der Waals surface area contributed by atoms with Gasteiger partial charge in [-0.15, -0.1) is 0 Å². The van der Waals surface area contributed by atoms with E-state index in [1.165, 1.54) is 74.4 Å². The fourth-order valence-corrected chi connectivity index (χ4v) is 12.1. The van der Waals surface area contributed by atoms with Gasteiger partial charge in [0, 0.05) is 82.8 Å². The van der Waals surface area contributed by atoms with Crippen molar-refractivity contribution in [1.82, 2.24) is 58.6 Å². The molecule has 46 heteroatoms. The number of nitrogens with zero attached hydrogens (tertiary/aromatic N) is 9. The molecular formula is C78H87AlBr2Cl6F9LiN14O13. The number of Topliss-reactive ketones (excluding diaryl/α,β-unsaturated/α-hetero) is 1. The van der Waals surface area contributed by atoms with Crippen LogP contribution in [0.3, 0.4) is 0 Å². The zero-order chi connectivity index (χ0) is 90.6. The Kier molecular flexibility index (Phi) is 48.5.